The number of carbonyl (C=O) groups excluding carboxylic acids is 1. The molecule has 0 aliphatic carbocycles. The van der Waals surface area contributed by atoms with Gasteiger partial charge in [0.1, 0.15) is 0 Å². The summed E-state index contributed by atoms with van der Waals surface area (Å²) in [5.74, 6) is 0.0160. The fraction of sp³-hybridized carbons (Fsp3) is 0.538. The highest BCUT2D eigenvalue weighted by Crippen LogP contribution is 2.17. The van der Waals surface area contributed by atoms with Crippen LogP contribution in [0.15, 0.2) is 17.3 Å². The number of aryl methyl sites for hydroxylation is 1. The van der Waals surface area contributed by atoms with Gasteiger partial charge in [0, 0.05) is 37.0 Å². The zero-order valence-corrected chi connectivity index (χ0v) is 11.4. The Morgan fingerprint density at radius 3 is 2.67 bits per heavy atom. The van der Waals surface area contributed by atoms with Crippen molar-refractivity contribution in [2.75, 3.05) is 13.1 Å². The molecule has 1 unspecified atom stereocenters. The molecule has 1 aromatic rings. The molecule has 1 saturated heterocycles. The molecule has 0 saturated carbocycles. The molecule has 0 radical (unpaired) electrons. The van der Waals surface area contributed by atoms with Crippen molar-refractivity contribution in [3.8, 4) is 0 Å². The maximum absolute atomic E-state index is 12.1. The maximum atomic E-state index is 12.1. The molecule has 1 amide bonds. The molecular weight excluding hydrogens is 228 g/mol. The van der Waals surface area contributed by atoms with Gasteiger partial charge in [-0.1, -0.05) is 0 Å². The predicted octanol–water partition coefficient (Wildman–Crippen LogP) is 0.825. The van der Waals surface area contributed by atoms with Crippen molar-refractivity contribution in [3.63, 3.8) is 0 Å². The summed E-state index contributed by atoms with van der Waals surface area (Å²) < 4.78 is 1.82. The summed E-state index contributed by atoms with van der Waals surface area (Å²) in [5, 5.41) is 10.4. The molecule has 1 aliphatic rings. The molecule has 2 rings (SSSR count). The highest BCUT2D eigenvalue weighted by atomic mass is 16.1. The highest BCUT2D eigenvalue weighted by Gasteiger charge is 2.19. The van der Waals surface area contributed by atoms with Crippen LogP contribution in [-0.4, -0.2) is 28.8 Å². The Hall–Kier alpha value is -1.62. The Morgan fingerprint density at radius 2 is 2.22 bits per heavy atom. The fourth-order valence-electron chi connectivity index (χ4n) is 2.00. The minimum absolute atomic E-state index is 0.0160. The minimum Gasteiger partial charge on any atom is -0.346 e. The first kappa shape index (κ1) is 12.8. The smallest absolute Gasteiger partial charge is 0.247 e. The third-order valence-corrected chi connectivity index (χ3v) is 3.64. The van der Waals surface area contributed by atoms with Crippen LogP contribution < -0.4 is 10.6 Å². The summed E-state index contributed by atoms with van der Waals surface area (Å²) in [6.07, 6.45) is 1.81. The molecule has 5 heteroatoms. The molecule has 1 aromatic heterocycles. The number of hydrogen-bond acceptors (Lipinski definition) is 3. The number of nitrogens with one attached hydrogen (secondary N) is 2. The molecule has 1 aliphatic heterocycles. The average Bonchev–Trinajstić information content (AvgIpc) is 2.57. The molecule has 1 atom stereocenters. The van der Waals surface area contributed by atoms with Gasteiger partial charge in [0.2, 0.25) is 5.91 Å². The van der Waals surface area contributed by atoms with Crippen LogP contribution in [0.4, 0.5) is 0 Å². The normalized spacial score (nSPS) is 16.1. The number of aromatic nitrogens is 2. The SMILES string of the molecule is CC(C(=O)NC(C)c1cnn(C)c1C)=C1CNC1. The minimum atomic E-state index is -0.0187. The fourth-order valence-corrected chi connectivity index (χ4v) is 2.00. The van der Waals surface area contributed by atoms with Gasteiger partial charge in [0.15, 0.2) is 0 Å². The van der Waals surface area contributed by atoms with Gasteiger partial charge in [-0.05, 0) is 26.3 Å². The lowest BCUT2D eigenvalue weighted by molar-refractivity contribution is -0.118. The van der Waals surface area contributed by atoms with E-state index < -0.39 is 0 Å². The third-order valence-electron chi connectivity index (χ3n) is 3.64. The zero-order chi connectivity index (χ0) is 13.3. The molecule has 2 N–H and O–H groups in total. The van der Waals surface area contributed by atoms with Crippen LogP contribution in [0.5, 0.6) is 0 Å². The lowest BCUT2D eigenvalue weighted by Gasteiger charge is -2.22. The summed E-state index contributed by atoms with van der Waals surface area (Å²) in [6.45, 7) is 7.54. The van der Waals surface area contributed by atoms with Crippen molar-refractivity contribution in [1.82, 2.24) is 20.4 Å². The van der Waals surface area contributed by atoms with Gasteiger partial charge in [-0.15, -0.1) is 0 Å². The lowest BCUT2D eigenvalue weighted by Crippen LogP contribution is -2.38. The van der Waals surface area contributed by atoms with Gasteiger partial charge in [0.05, 0.1) is 12.2 Å². The monoisotopic (exact) mass is 248 g/mol. The van der Waals surface area contributed by atoms with E-state index in [0.717, 1.165) is 29.9 Å². The van der Waals surface area contributed by atoms with E-state index in [1.165, 1.54) is 5.57 Å². The zero-order valence-electron chi connectivity index (χ0n) is 11.4. The van der Waals surface area contributed by atoms with Crippen LogP contribution in [0.1, 0.15) is 31.1 Å². The maximum Gasteiger partial charge on any atom is 0.247 e. The Kier molecular flexibility index (Phi) is 3.52. The Bertz CT molecular complexity index is 495. The number of hydrogen-bond donors (Lipinski definition) is 2. The number of rotatable bonds is 3. The van der Waals surface area contributed by atoms with Crippen LogP contribution >= 0.6 is 0 Å². The highest BCUT2D eigenvalue weighted by molar-refractivity contribution is 5.94. The van der Waals surface area contributed by atoms with Crippen molar-refractivity contribution >= 4 is 5.91 Å². The molecule has 98 valence electrons. The Morgan fingerprint density at radius 1 is 1.56 bits per heavy atom. The Balaban J connectivity index is 2.05. The van der Waals surface area contributed by atoms with Crippen LogP contribution in [0.25, 0.3) is 0 Å². The molecule has 0 aromatic carbocycles. The summed E-state index contributed by atoms with van der Waals surface area (Å²) >= 11 is 0. The summed E-state index contributed by atoms with van der Waals surface area (Å²) in [7, 11) is 1.90. The van der Waals surface area contributed by atoms with E-state index >= 15 is 0 Å². The van der Waals surface area contributed by atoms with E-state index in [2.05, 4.69) is 15.7 Å². The molecular formula is C13H20N4O. The van der Waals surface area contributed by atoms with E-state index in [4.69, 9.17) is 0 Å². The second-order valence-electron chi connectivity index (χ2n) is 4.84. The van der Waals surface area contributed by atoms with Crippen molar-refractivity contribution in [1.29, 1.82) is 0 Å². The van der Waals surface area contributed by atoms with E-state index in [1.54, 1.807) is 0 Å². The van der Waals surface area contributed by atoms with Crippen molar-refractivity contribution in [2.45, 2.75) is 26.8 Å². The first-order valence-electron chi connectivity index (χ1n) is 6.19. The number of nitrogens with zero attached hydrogens (tertiary/aromatic N) is 2. The lowest BCUT2D eigenvalue weighted by atomic mass is 10.0. The largest absolute Gasteiger partial charge is 0.346 e. The van der Waals surface area contributed by atoms with E-state index in [0.29, 0.717) is 0 Å². The van der Waals surface area contributed by atoms with Crippen molar-refractivity contribution in [3.05, 3.63) is 28.6 Å². The van der Waals surface area contributed by atoms with Crippen LogP contribution in [-0.2, 0) is 11.8 Å². The number of carbonyl (C=O) groups is 1. The standard InChI is InChI=1S/C13H20N4O/c1-8(11-5-14-6-11)13(18)16-9(2)12-7-15-17(4)10(12)3/h7,9,14H,5-6H2,1-4H3,(H,16,18). The molecule has 0 spiro atoms. The van der Waals surface area contributed by atoms with Crippen molar-refractivity contribution < 1.29 is 4.79 Å². The van der Waals surface area contributed by atoms with Gasteiger partial charge < -0.3 is 10.6 Å². The first-order valence-corrected chi connectivity index (χ1v) is 6.19. The average molecular weight is 248 g/mol. The first-order chi connectivity index (χ1) is 8.50. The van der Waals surface area contributed by atoms with E-state index in [1.807, 2.05) is 38.7 Å². The summed E-state index contributed by atoms with van der Waals surface area (Å²) in [5.41, 5.74) is 4.18. The molecule has 18 heavy (non-hydrogen) atoms. The Labute approximate surface area is 107 Å². The van der Waals surface area contributed by atoms with E-state index in [9.17, 15) is 4.79 Å². The third kappa shape index (κ3) is 2.31. The molecule has 0 bridgehead atoms. The second kappa shape index (κ2) is 4.94. The molecule has 2 heterocycles. The summed E-state index contributed by atoms with van der Waals surface area (Å²) in [4.78, 5) is 12.1. The summed E-state index contributed by atoms with van der Waals surface area (Å²) in [6, 6.07) is -0.0187. The molecule has 1 fully saturated rings. The van der Waals surface area contributed by atoms with Gasteiger partial charge in [0.25, 0.3) is 0 Å². The van der Waals surface area contributed by atoms with Gasteiger partial charge in [-0.2, -0.15) is 5.10 Å². The van der Waals surface area contributed by atoms with Gasteiger partial charge >= 0.3 is 0 Å². The van der Waals surface area contributed by atoms with Crippen LogP contribution in [0, 0.1) is 6.92 Å². The van der Waals surface area contributed by atoms with Crippen LogP contribution in [0.2, 0.25) is 0 Å². The number of amides is 1. The second-order valence-corrected chi connectivity index (χ2v) is 4.84. The topological polar surface area (TPSA) is 59.0 Å². The quantitative estimate of drug-likeness (QED) is 0.779. The van der Waals surface area contributed by atoms with Gasteiger partial charge in [-0.25, -0.2) is 0 Å². The molecule has 5 nitrogen and oxygen atoms in total. The predicted molar refractivity (Wildman–Crippen MR) is 70.1 cm³/mol. The van der Waals surface area contributed by atoms with Gasteiger partial charge in [-0.3, -0.25) is 9.48 Å². The van der Waals surface area contributed by atoms with Crippen molar-refractivity contribution in [2.24, 2.45) is 7.05 Å². The van der Waals surface area contributed by atoms with Crippen LogP contribution in [0.3, 0.4) is 0 Å². The van der Waals surface area contributed by atoms with E-state index in [-0.39, 0.29) is 11.9 Å².